The zero-order chi connectivity index (χ0) is 15.7. The maximum absolute atomic E-state index is 10.2. The van der Waals surface area contributed by atoms with Crippen molar-refractivity contribution in [2.75, 3.05) is 32.2 Å². The van der Waals surface area contributed by atoms with Crippen molar-refractivity contribution in [3.8, 4) is 11.9 Å². The highest BCUT2D eigenvalue weighted by molar-refractivity contribution is 5.63. The van der Waals surface area contributed by atoms with E-state index < -0.39 is 0 Å². The predicted octanol–water partition coefficient (Wildman–Crippen LogP) is 1.33. The zero-order valence-corrected chi connectivity index (χ0v) is 13.0. The highest BCUT2D eigenvalue weighted by Gasteiger charge is 2.55. The number of anilines is 1. The van der Waals surface area contributed by atoms with Gasteiger partial charge in [-0.25, -0.2) is 4.98 Å². The molecule has 0 amide bonds. The fourth-order valence-corrected chi connectivity index (χ4v) is 3.83. The molecule has 2 atom stereocenters. The minimum Gasteiger partial charge on any atom is -0.480 e. The Kier molecular flexibility index (Phi) is 3.94. The van der Waals surface area contributed by atoms with Gasteiger partial charge < -0.3 is 19.5 Å². The lowest BCUT2D eigenvalue weighted by Gasteiger charge is -2.56. The Morgan fingerprint density at radius 3 is 2.68 bits per heavy atom. The molecular formula is C16H21N3O3. The fourth-order valence-electron chi connectivity index (χ4n) is 3.83. The number of piperidine rings is 1. The molecule has 0 unspecified atom stereocenters. The number of nitrogens with zero attached hydrogens (tertiary/aromatic N) is 3. The number of ether oxygens (including phenoxy) is 2. The normalized spacial score (nSPS) is 26.4. The Morgan fingerprint density at radius 1 is 1.41 bits per heavy atom. The second-order valence-electron chi connectivity index (χ2n) is 6.02. The van der Waals surface area contributed by atoms with Crippen molar-refractivity contribution < 1.29 is 14.6 Å². The summed E-state index contributed by atoms with van der Waals surface area (Å²) in [6.45, 7) is 1.58. The number of hydrogen-bond donors (Lipinski definition) is 1. The van der Waals surface area contributed by atoms with Crippen LogP contribution in [0, 0.1) is 16.7 Å². The maximum atomic E-state index is 10.2. The molecule has 1 aliphatic carbocycles. The minimum absolute atomic E-state index is 0.116. The van der Waals surface area contributed by atoms with E-state index in [2.05, 4.69) is 16.0 Å². The first kappa shape index (κ1) is 15.1. The number of aromatic nitrogens is 1. The molecule has 22 heavy (non-hydrogen) atoms. The number of nitriles is 1. The number of hydrogen-bond acceptors (Lipinski definition) is 6. The van der Waals surface area contributed by atoms with Crippen LogP contribution in [0.3, 0.4) is 0 Å². The quantitative estimate of drug-likeness (QED) is 0.907. The monoisotopic (exact) mass is 303 g/mol. The van der Waals surface area contributed by atoms with E-state index in [1.165, 1.54) is 7.11 Å². The number of methoxy groups -OCH3 is 2. The first-order chi connectivity index (χ1) is 10.7. The molecule has 118 valence electrons. The summed E-state index contributed by atoms with van der Waals surface area (Å²) in [6, 6.07) is 4.04. The van der Waals surface area contributed by atoms with Gasteiger partial charge in [-0.2, -0.15) is 5.26 Å². The van der Waals surface area contributed by atoms with E-state index in [9.17, 15) is 10.4 Å². The van der Waals surface area contributed by atoms with Crippen molar-refractivity contribution in [2.24, 2.45) is 5.41 Å². The summed E-state index contributed by atoms with van der Waals surface area (Å²) >= 11 is 0. The molecule has 2 aliphatic rings. The summed E-state index contributed by atoms with van der Waals surface area (Å²) in [6.07, 6.45) is 3.98. The van der Waals surface area contributed by atoms with Gasteiger partial charge in [-0.05, 0) is 18.9 Å². The third-order valence-electron chi connectivity index (χ3n) is 5.26. The van der Waals surface area contributed by atoms with Gasteiger partial charge in [-0.15, -0.1) is 0 Å². The third-order valence-corrected chi connectivity index (χ3v) is 5.26. The second kappa shape index (κ2) is 5.75. The Labute approximate surface area is 130 Å². The molecule has 2 heterocycles. The molecule has 3 rings (SSSR count). The van der Waals surface area contributed by atoms with Crippen molar-refractivity contribution >= 4 is 5.69 Å². The minimum atomic E-state index is -0.276. The summed E-state index contributed by atoms with van der Waals surface area (Å²) < 4.78 is 10.7. The Morgan fingerprint density at radius 2 is 2.14 bits per heavy atom. The summed E-state index contributed by atoms with van der Waals surface area (Å²) in [5, 5.41) is 19.6. The topological polar surface area (TPSA) is 78.6 Å². The molecule has 1 aliphatic heterocycles. The van der Waals surface area contributed by atoms with Gasteiger partial charge in [0.25, 0.3) is 0 Å². The Balaban J connectivity index is 1.79. The van der Waals surface area contributed by atoms with Crippen LogP contribution in [0.25, 0.3) is 0 Å². The molecule has 1 N–H and O–H groups in total. The van der Waals surface area contributed by atoms with Crippen molar-refractivity contribution in [3.05, 3.63) is 17.8 Å². The van der Waals surface area contributed by atoms with Crippen LogP contribution < -0.4 is 9.64 Å². The molecule has 0 bridgehead atoms. The second-order valence-corrected chi connectivity index (χ2v) is 6.02. The molecule has 2 fully saturated rings. The van der Waals surface area contributed by atoms with Crippen molar-refractivity contribution in [1.29, 1.82) is 5.26 Å². The molecule has 0 radical (unpaired) electrons. The molecule has 1 saturated heterocycles. The van der Waals surface area contributed by atoms with Gasteiger partial charge in [-0.3, -0.25) is 0 Å². The van der Waals surface area contributed by atoms with Gasteiger partial charge in [-0.1, -0.05) is 0 Å². The average molecular weight is 303 g/mol. The molecule has 1 aromatic rings. The van der Waals surface area contributed by atoms with Gasteiger partial charge in [0.1, 0.15) is 11.6 Å². The SMILES string of the molecule is COc1nccc(N2CCC3(CC2)[C@@H](O)C[C@H]3OC)c1C#N. The largest absolute Gasteiger partial charge is 0.480 e. The molecule has 0 aromatic carbocycles. The average Bonchev–Trinajstić information content (AvgIpc) is 2.58. The first-order valence-corrected chi connectivity index (χ1v) is 7.55. The van der Waals surface area contributed by atoms with Crippen LogP contribution in [0.15, 0.2) is 12.3 Å². The third kappa shape index (κ3) is 2.13. The number of aliphatic hydroxyl groups is 1. The highest BCUT2D eigenvalue weighted by atomic mass is 16.5. The van der Waals surface area contributed by atoms with Gasteiger partial charge in [0, 0.05) is 38.2 Å². The lowest BCUT2D eigenvalue weighted by atomic mass is 9.58. The van der Waals surface area contributed by atoms with Crippen LogP contribution in [0.1, 0.15) is 24.8 Å². The number of aliphatic hydroxyl groups excluding tert-OH is 1. The Hall–Kier alpha value is -1.84. The van der Waals surface area contributed by atoms with E-state index in [4.69, 9.17) is 9.47 Å². The smallest absolute Gasteiger partial charge is 0.233 e. The van der Waals surface area contributed by atoms with E-state index >= 15 is 0 Å². The molecular weight excluding hydrogens is 282 g/mol. The Bertz CT molecular complexity index is 591. The number of pyridine rings is 1. The van der Waals surface area contributed by atoms with Gasteiger partial charge in [0.05, 0.1) is 25.0 Å². The lowest BCUT2D eigenvalue weighted by Crippen LogP contribution is -2.62. The lowest BCUT2D eigenvalue weighted by molar-refractivity contribution is -0.190. The summed E-state index contributed by atoms with van der Waals surface area (Å²) in [4.78, 5) is 6.26. The van der Waals surface area contributed by atoms with Crippen LogP contribution >= 0.6 is 0 Å². The van der Waals surface area contributed by atoms with Crippen molar-refractivity contribution in [3.63, 3.8) is 0 Å². The first-order valence-electron chi connectivity index (χ1n) is 7.55. The van der Waals surface area contributed by atoms with Crippen molar-refractivity contribution in [1.82, 2.24) is 4.98 Å². The van der Waals surface area contributed by atoms with Gasteiger partial charge in [0.2, 0.25) is 5.88 Å². The van der Waals surface area contributed by atoms with Gasteiger partial charge >= 0.3 is 0 Å². The molecule has 1 saturated carbocycles. The van der Waals surface area contributed by atoms with E-state index in [1.807, 2.05) is 6.07 Å². The summed E-state index contributed by atoms with van der Waals surface area (Å²) in [5.74, 6) is 0.360. The van der Waals surface area contributed by atoms with E-state index in [0.717, 1.165) is 38.0 Å². The molecule has 6 heteroatoms. The standard InChI is InChI=1S/C16H21N3O3/c1-21-14-9-13(20)16(14)4-7-19(8-5-16)12-3-6-18-15(22-2)11(12)10-17/h3,6,13-14,20H,4-5,7-9H2,1-2H3/t13-,14+/m0/s1. The predicted molar refractivity (Wildman–Crippen MR) is 80.8 cm³/mol. The van der Waals surface area contributed by atoms with Gasteiger partial charge in [0.15, 0.2) is 0 Å². The summed E-state index contributed by atoms with van der Waals surface area (Å²) in [5.41, 5.74) is 1.21. The van der Waals surface area contributed by atoms with E-state index in [1.54, 1.807) is 13.3 Å². The van der Waals surface area contributed by atoms with E-state index in [-0.39, 0.29) is 17.6 Å². The van der Waals surface area contributed by atoms with Crippen LogP contribution in [-0.4, -0.2) is 49.6 Å². The van der Waals surface area contributed by atoms with Crippen LogP contribution in [0.5, 0.6) is 5.88 Å². The van der Waals surface area contributed by atoms with Crippen LogP contribution in [0.4, 0.5) is 5.69 Å². The van der Waals surface area contributed by atoms with E-state index in [0.29, 0.717) is 11.4 Å². The molecule has 6 nitrogen and oxygen atoms in total. The zero-order valence-electron chi connectivity index (χ0n) is 13.0. The fraction of sp³-hybridized carbons (Fsp3) is 0.625. The molecule has 1 aromatic heterocycles. The molecule has 1 spiro atoms. The highest BCUT2D eigenvalue weighted by Crippen LogP contribution is 2.51. The number of rotatable bonds is 3. The summed E-state index contributed by atoms with van der Waals surface area (Å²) in [7, 11) is 3.23. The van der Waals surface area contributed by atoms with Crippen molar-refractivity contribution in [2.45, 2.75) is 31.5 Å². The van der Waals surface area contributed by atoms with Crippen LogP contribution in [-0.2, 0) is 4.74 Å². The van der Waals surface area contributed by atoms with Crippen LogP contribution in [0.2, 0.25) is 0 Å². The maximum Gasteiger partial charge on any atom is 0.233 e.